The van der Waals surface area contributed by atoms with Gasteiger partial charge in [0.1, 0.15) is 0 Å². The predicted octanol–water partition coefficient (Wildman–Crippen LogP) is 1.70. The van der Waals surface area contributed by atoms with Gasteiger partial charge in [0.25, 0.3) is 0 Å². The second kappa shape index (κ2) is 5.07. The van der Waals surface area contributed by atoms with Gasteiger partial charge in [0.15, 0.2) is 0 Å². The van der Waals surface area contributed by atoms with Crippen LogP contribution in [0.5, 0.6) is 0 Å². The molecule has 0 spiro atoms. The van der Waals surface area contributed by atoms with Gasteiger partial charge in [0, 0.05) is 32.4 Å². The van der Waals surface area contributed by atoms with E-state index < -0.39 is 0 Å². The number of nitrogens with two attached hydrogens (primary N) is 1. The van der Waals surface area contributed by atoms with Crippen LogP contribution in [0.3, 0.4) is 0 Å². The van der Waals surface area contributed by atoms with Crippen molar-refractivity contribution in [3.05, 3.63) is 29.8 Å². The van der Waals surface area contributed by atoms with Crippen LogP contribution in [0.15, 0.2) is 24.3 Å². The maximum absolute atomic E-state index is 5.80. The van der Waals surface area contributed by atoms with Gasteiger partial charge < -0.3 is 10.6 Å². The van der Waals surface area contributed by atoms with Crippen LogP contribution in [0.2, 0.25) is 0 Å². The fourth-order valence-electron chi connectivity index (χ4n) is 2.82. The van der Waals surface area contributed by atoms with E-state index in [0.29, 0.717) is 12.0 Å². The second-order valence-electron chi connectivity index (χ2n) is 5.25. The Kier molecular flexibility index (Phi) is 3.69. The topological polar surface area (TPSA) is 32.5 Å². The van der Waals surface area contributed by atoms with Gasteiger partial charge in [-0.1, -0.05) is 18.2 Å². The van der Waals surface area contributed by atoms with Gasteiger partial charge in [-0.15, -0.1) is 0 Å². The Balaban J connectivity index is 2.28. The Morgan fingerprint density at radius 2 is 2.06 bits per heavy atom. The normalized spacial score (nSPS) is 25.2. The zero-order valence-corrected chi connectivity index (χ0v) is 11.1. The summed E-state index contributed by atoms with van der Waals surface area (Å²) < 4.78 is 0. The molecule has 2 atom stereocenters. The fourth-order valence-corrected chi connectivity index (χ4v) is 2.82. The monoisotopic (exact) mass is 233 g/mol. The molecule has 2 N–H and O–H groups in total. The van der Waals surface area contributed by atoms with E-state index in [1.165, 1.54) is 17.7 Å². The molecule has 3 nitrogen and oxygen atoms in total. The third-order valence-electron chi connectivity index (χ3n) is 3.75. The molecule has 1 aliphatic heterocycles. The molecule has 1 aromatic carbocycles. The number of para-hydroxylation sites is 1. The van der Waals surface area contributed by atoms with Crippen molar-refractivity contribution in [1.29, 1.82) is 0 Å². The summed E-state index contributed by atoms with van der Waals surface area (Å²) in [5, 5.41) is 0. The highest BCUT2D eigenvalue weighted by Crippen LogP contribution is 2.37. The lowest BCUT2D eigenvalue weighted by atomic mass is 9.98. The summed E-state index contributed by atoms with van der Waals surface area (Å²) >= 11 is 0. The molecule has 1 fully saturated rings. The van der Waals surface area contributed by atoms with Crippen molar-refractivity contribution < 1.29 is 0 Å². The number of likely N-dealkylation sites (tertiary alicyclic amines) is 1. The van der Waals surface area contributed by atoms with Crippen molar-refractivity contribution >= 4 is 5.69 Å². The molecule has 0 radical (unpaired) electrons. The van der Waals surface area contributed by atoms with Gasteiger partial charge in [-0.2, -0.15) is 0 Å². The number of hydrogen-bond acceptors (Lipinski definition) is 3. The van der Waals surface area contributed by atoms with Crippen LogP contribution in [-0.2, 0) is 0 Å². The molecule has 1 aliphatic rings. The molecule has 94 valence electrons. The van der Waals surface area contributed by atoms with Crippen LogP contribution < -0.4 is 10.6 Å². The van der Waals surface area contributed by atoms with E-state index in [-0.39, 0.29) is 0 Å². The molecule has 1 saturated heterocycles. The molecule has 2 rings (SSSR count). The highest BCUT2D eigenvalue weighted by Gasteiger charge is 2.31. The predicted molar refractivity (Wildman–Crippen MR) is 73.3 cm³/mol. The molecule has 2 unspecified atom stereocenters. The molecule has 1 heterocycles. The summed E-state index contributed by atoms with van der Waals surface area (Å²) in [6.07, 6.45) is 1.18. The average Bonchev–Trinajstić information content (AvgIpc) is 2.70. The first kappa shape index (κ1) is 12.4. The summed E-state index contributed by atoms with van der Waals surface area (Å²) in [6, 6.07) is 9.19. The van der Waals surface area contributed by atoms with Crippen molar-refractivity contribution in [1.82, 2.24) is 4.90 Å². The first-order chi connectivity index (χ1) is 8.13. The van der Waals surface area contributed by atoms with Crippen molar-refractivity contribution in [2.45, 2.75) is 12.5 Å². The zero-order chi connectivity index (χ0) is 12.4. The Morgan fingerprint density at radius 1 is 1.35 bits per heavy atom. The lowest BCUT2D eigenvalue weighted by Gasteiger charge is -2.25. The third kappa shape index (κ3) is 2.45. The Morgan fingerprint density at radius 3 is 2.65 bits per heavy atom. The molecule has 0 saturated carbocycles. The SMILES string of the molecule is CN(C)c1ccccc1C1CC(CN)CN1C. The van der Waals surface area contributed by atoms with Gasteiger partial charge in [-0.05, 0) is 37.6 Å². The van der Waals surface area contributed by atoms with Crippen molar-refractivity contribution in [2.24, 2.45) is 11.7 Å². The van der Waals surface area contributed by atoms with Crippen molar-refractivity contribution in [2.75, 3.05) is 39.1 Å². The molecule has 0 amide bonds. The van der Waals surface area contributed by atoms with Crippen LogP contribution in [0, 0.1) is 5.92 Å². The van der Waals surface area contributed by atoms with E-state index in [2.05, 4.69) is 55.2 Å². The van der Waals surface area contributed by atoms with Crippen LogP contribution in [0.4, 0.5) is 5.69 Å². The Hall–Kier alpha value is -1.06. The number of anilines is 1. The summed E-state index contributed by atoms with van der Waals surface area (Å²) in [6.45, 7) is 1.91. The van der Waals surface area contributed by atoms with Gasteiger partial charge in [0.05, 0.1) is 0 Å². The second-order valence-corrected chi connectivity index (χ2v) is 5.25. The zero-order valence-electron chi connectivity index (χ0n) is 11.1. The summed E-state index contributed by atoms with van der Waals surface area (Å²) in [4.78, 5) is 4.62. The average molecular weight is 233 g/mol. The number of hydrogen-bond donors (Lipinski definition) is 1. The highest BCUT2D eigenvalue weighted by molar-refractivity contribution is 5.54. The maximum atomic E-state index is 5.80. The quantitative estimate of drug-likeness (QED) is 0.862. The van der Waals surface area contributed by atoms with Gasteiger partial charge in [0.2, 0.25) is 0 Å². The molecule has 0 bridgehead atoms. The minimum atomic E-state index is 0.516. The van der Waals surface area contributed by atoms with E-state index in [1.54, 1.807) is 0 Å². The van der Waals surface area contributed by atoms with E-state index in [1.807, 2.05) is 0 Å². The molecule has 3 heteroatoms. The molecule has 1 aromatic rings. The van der Waals surface area contributed by atoms with Gasteiger partial charge in [-0.25, -0.2) is 0 Å². The summed E-state index contributed by atoms with van der Waals surface area (Å²) in [7, 11) is 6.41. The lowest BCUT2D eigenvalue weighted by Crippen LogP contribution is -2.22. The fraction of sp³-hybridized carbons (Fsp3) is 0.571. The van der Waals surface area contributed by atoms with Gasteiger partial charge >= 0.3 is 0 Å². The minimum Gasteiger partial charge on any atom is -0.377 e. The van der Waals surface area contributed by atoms with Crippen LogP contribution in [-0.4, -0.2) is 39.1 Å². The van der Waals surface area contributed by atoms with E-state index >= 15 is 0 Å². The van der Waals surface area contributed by atoms with E-state index in [0.717, 1.165) is 13.1 Å². The lowest BCUT2D eigenvalue weighted by molar-refractivity contribution is 0.314. The van der Waals surface area contributed by atoms with E-state index in [9.17, 15) is 0 Å². The van der Waals surface area contributed by atoms with Gasteiger partial charge in [-0.3, -0.25) is 4.90 Å². The Labute approximate surface area is 104 Å². The number of rotatable bonds is 3. The van der Waals surface area contributed by atoms with Crippen molar-refractivity contribution in [3.8, 4) is 0 Å². The molecule has 0 aromatic heterocycles. The van der Waals surface area contributed by atoms with Crippen LogP contribution in [0.1, 0.15) is 18.0 Å². The molecular weight excluding hydrogens is 210 g/mol. The number of benzene rings is 1. The van der Waals surface area contributed by atoms with E-state index in [4.69, 9.17) is 5.73 Å². The van der Waals surface area contributed by atoms with Crippen molar-refractivity contribution in [3.63, 3.8) is 0 Å². The Bertz CT molecular complexity index is 375. The largest absolute Gasteiger partial charge is 0.377 e. The first-order valence-electron chi connectivity index (χ1n) is 6.30. The summed E-state index contributed by atoms with van der Waals surface area (Å²) in [5.74, 6) is 0.639. The highest BCUT2D eigenvalue weighted by atomic mass is 15.2. The summed E-state index contributed by atoms with van der Waals surface area (Å²) in [5.41, 5.74) is 8.55. The first-order valence-corrected chi connectivity index (χ1v) is 6.30. The number of nitrogens with zero attached hydrogens (tertiary/aromatic N) is 2. The van der Waals surface area contributed by atoms with Crippen LogP contribution in [0.25, 0.3) is 0 Å². The molecular formula is C14H23N3. The molecule has 17 heavy (non-hydrogen) atoms. The minimum absolute atomic E-state index is 0.516. The smallest absolute Gasteiger partial charge is 0.0409 e. The van der Waals surface area contributed by atoms with Crippen LogP contribution >= 0.6 is 0 Å². The maximum Gasteiger partial charge on any atom is 0.0409 e. The standard InChI is InChI=1S/C14H23N3/c1-16(2)13-7-5-4-6-12(13)14-8-11(9-15)10-17(14)3/h4-7,11,14H,8-10,15H2,1-3H3. The molecule has 0 aliphatic carbocycles. The third-order valence-corrected chi connectivity index (χ3v) is 3.75.